The quantitative estimate of drug-likeness (QED) is 0.452. The van der Waals surface area contributed by atoms with E-state index in [1.165, 1.54) is 23.9 Å². The zero-order valence-corrected chi connectivity index (χ0v) is 16.1. The highest BCUT2D eigenvalue weighted by molar-refractivity contribution is 8.00. The maximum atomic E-state index is 13.3. The van der Waals surface area contributed by atoms with E-state index < -0.39 is 17.7 Å². The van der Waals surface area contributed by atoms with Crippen LogP contribution in [0, 0.1) is 0 Å². The minimum atomic E-state index is -4.41. The topological polar surface area (TPSA) is 49.3 Å². The highest BCUT2D eigenvalue weighted by Gasteiger charge is 2.33. The summed E-state index contributed by atoms with van der Waals surface area (Å²) >= 11 is 1.24. The number of rotatable bonds is 7. The Balaban J connectivity index is 1.71. The Kier molecular flexibility index (Phi) is 6.49. The second-order valence-electron chi connectivity index (χ2n) is 6.30. The van der Waals surface area contributed by atoms with Crippen molar-refractivity contribution in [3.05, 3.63) is 83.9 Å². The first-order valence-electron chi connectivity index (χ1n) is 8.77. The van der Waals surface area contributed by atoms with Crippen LogP contribution in [0.25, 0.3) is 11.1 Å². The molecule has 2 N–H and O–H groups in total. The average molecular weight is 417 g/mol. The standard InChI is InChI=1S/C22H18F3NO2S/c23-22(24,25)20-7-2-1-6-19(20)16-5-3-4-15(12-16)13-26-17-8-10-18(11-9-17)29-14-21(27)28/h1-12,26H,13-14H2,(H,27,28). The number of benzene rings is 3. The summed E-state index contributed by atoms with van der Waals surface area (Å²) in [6, 6.07) is 19.9. The van der Waals surface area contributed by atoms with Gasteiger partial charge >= 0.3 is 12.1 Å². The van der Waals surface area contributed by atoms with E-state index in [1.54, 1.807) is 24.3 Å². The molecule has 0 amide bonds. The number of thioether (sulfide) groups is 1. The Morgan fingerprint density at radius 2 is 1.69 bits per heavy atom. The summed E-state index contributed by atoms with van der Waals surface area (Å²) in [4.78, 5) is 11.5. The summed E-state index contributed by atoms with van der Waals surface area (Å²) < 4.78 is 39.9. The van der Waals surface area contributed by atoms with Crippen molar-refractivity contribution in [1.82, 2.24) is 0 Å². The normalized spacial score (nSPS) is 11.3. The monoisotopic (exact) mass is 417 g/mol. The Morgan fingerprint density at radius 3 is 2.38 bits per heavy atom. The van der Waals surface area contributed by atoms with E-state index in [1.807, 2.05) is 30.3 Å². The van der Waals surface area contributed by atoms with Crippen LogP contribution in [0.5, 0.6) is 0 Å². The van der Waals surface area contributed by atoms with Gasteiger partial charge in [-0.1, -0.05) is 36.4 Å². The van der Waals surface area contributed by atoms with Gasteiger partial charge in [0.05, 0.1) is 11.3 Å². The van der Waals surface area contributed by atoms with Crippen LogP contribution in [0.2, 0.25) is 0 Å². The first kappa shape index (κ1) is 20.8. The van der Waals surface area contributed by atoms with Gasteiger partial charge in [-0.05, 0) is 53.1 Å². The molecule has 29 heavy (non-hydrogen) atoms. The van der Waals surface area contributed by atoms with Gasteiger partial charge in [0.25, 0.3) is 0 Å². The first-order valence-corrected chi connectivity index (χ1v) is 9.75. The third-order valence-electron chi connectivity index (χ3n) is 4.18. The third-order valence-corrected chi connectivity index (χ3v) is 5.18. The van der Waals surface area contributed by atoms with Crippen LogP contribution >= 0.6 is 11.8 Å². The highest BCUT2D eigenvalue weighted by Crippen LogP contribution is 2.37. The Bertz CT molecular complexity index is 988. The van der Waals surface area contributed by atoms with Crippen molar-refractivity contribution < 1.29 is 23.1 Å². The lowest BCUT2D eigenvalue weighted by molar-refractivity contribution is -0.137. The van der Waals surface area contributed by atoms with E-state index in [4.69, 9.17) is 5.11 Å². The van der Waals surface area contributed by atoms with Crippen LogP contribution in [-0.2, 0) is 17.5 Å². The lowest BCUT2D eigenvalue weighted by Crippen LogP contribution is -2.07. The molecule has 3 aromatic rings. The lowest BCUT2D eigenvalue weighted by atomic mass is 9.98. The highest BCUT2D eigenvalue weighted by atomic mass is 32.2. The summed E-state index contributed by atoms with van der Waals surface area (Å²) in [7, 11) is 0. The molecule has 0 radical (unpaired) electrons. The van der Waals surface area contributed by atoms with Crippen LogP contribution in [0.1, 0.15) is 11.1 Å². The zero-order chi connectivity index (χ0) is 20.9. The van der Waals surface area contributed by atoms with Crippen molar-refractivity contribution in [1.29, 1.82) is 0 Å². The fourth-order valence-corrected chi connectivity index (χ4v) is 3.47. The summed E-state index contributed by atoms with van der Waals surface area (Å²) in [5.41, 5.74) is 1.70. The zero-order valence-electron chi connectivity index (χ0n) is 15.2. The molecule has 0 unspecified atom stereocenters. The van der Waals surface area contributed by atoms with Crippen molar-refractivity contribution in [2.75, 3.05) is 11.1 Å². The van der Waals surface area contributed by atoms with Gasteiger partial charge in [0.15, 0.2) is 0 Å². The van der Waals surface area contributed by atoms with E-state index in [0.717, 1.165) is 22.2 Å². The number of hydrogen-bond donors (Lipinski definition) is 2. The second kappa shape index (κ2) is 9.05. The Labute approximate surface area is 170 Å². The molecule has 7 heteroatoms. The van der Waals surface area contributed by atoms with Gasteiger partial charge in [-0.25, -0.2) is 0 Å². The molecule has 0 aliphatic rings. The summed E-state index contributed by atoms with van der Waals surface area (Å²) in [6.07, 6.45) is -4.41. The number of aliphatic carboxylic acids is 1. The lowest BCUT2D eigenvalue weighted by Gasteiger charge is -2.14. The van der Waals surface area contributed by atoms with Gasteiger partial charge in [-0.15, -0.1) is 11.8 Å². The van der Waals surface area contributed by atoms with Gasteiger partial charge in [0.2, 0.25) is 0 Å². The number of alkyl halides is 3. The first-order chi connectivity index (χ1) is 13.8. The van der Waals surface area contributed by atoms with Crippen LogP contribution in [-0.4, -0.2) is 16.8 Å². The van der Waals surface area contributed by atoms with Gasteiger partial charge in [0.1, 0.15) is 0 Å². The maximum absolute atomic E-state index is 13.3. The van der Waals surface area contributed by atoms with Crippen molar-refractivity contribution in [2.24, 2.45) is 0 Å². The average Bonchev–Trinajstić information content (AvgIpc) is 2.71. The van der Waals surface area contributed by atoms with E-state index in [2.05, 4.69) is 5.32 Å². The summed E-state index contributed by atoms with van der Waals surface area (Å²) in [6.45, 7) is 0.448. The third kappa shape index (κ3) is 5.77. The predicted octanol–water partition coefficient (Wildman–Crippen LogP) is 6.16. The number of carboxylic acids is 1. The minimum absolute atomic E-state index is 0.00102. The largest absolute Gasteiger partial charge is 0.481 e. The van der Waals surface area contributed by atoms with Gasteiger partial charge in [-0.3, -0.25) is 4.79 Å². The molecule has 3 aromatic carbocycles. The smallest absolute Gasteiger partial charge is 0.417 e. The molecule has 3 rings (SSSR count). The van der Waals surface area contributed by atoms with Crippen molar-refractivity contribution >= 4 is 23.4 Å². The SMILES string of the molecule is O=C(O)CSc1ccc(NCc2cccc(-c3ccccc3C(F)(F)F)c2)cc1. The molecule has 0 aliphatic carbocycles. The fourth-order valence-electron chi connectivity index (χ4n) is 2.85. The van der Waals surface area contributed by atoms with E-state index in [9.17, 15) is 18.0 Å². The minimum Gasteiger partial charge on any atom is -0.481 e. The fraction of sp³-hybridized carbons (Fsp3) is 0.136. The molecule has 0 saturated heterocycles. The number of carbonyl (C=O) groups is 1. The van der Waals surface area contributed by atoms with Crippen LogP contribution in [0.3, 0.4) is 0 Å². The number of halogens is 3. The molecular formula is C22H18F3NO2S. The second-order valence-corrected chi connectivity index (χ2v) is 7.35. The number of hydrogen-bond acceptors (Lipinski definition) is 3. The van der Waals surface area contributed by atoms with E-state index in [0.29, 0.717) is 12.1 Å². The molecule has 0 atom stereocenters. The molecule has 0 aliphatic heterocycles. The molecule has 0 saturated carbocycles. The predicted molar refractivity (Wildman–Crippen MR) is 109 cm³/mol. The molecule has 3 nitrogen and oxygen atoms in total. The van der Waals surface area contributed by atoms with E-state index in [-0.39, 0.29) is 11.3 Å². The van der Waals surface area contributed by atoms with Crippen LogP contribution in [0.15, 0.2) is 77.7 Å². The van der Waals surface area contributed by atoms with E-state index >= 15 is 0 Å². The van der Waals surface area contributed by atoms with Crippen LogP contribution < -0.4 is 5.32 Å². The number of carboxylic acid groups (broad SMARTS) is 1. The summed E-state index contributed by atoms with van der Waals surface area (Å²) in [5, 5.41) is 11.9. The van der Waals surface area contributed by atoms with Crippen molar-refractivity contribution in [3.8, 4) is 11.1 Å². The molecule has 0 fully saturated rings. The maximum Gasteiger partial charge on any atom is 0.417 e. The van der Waals surface area contributed by atoms with Crippen LogP contribution in [0.4, 0.5) is 18.9 Å². The number of anilines is 1. The molecule has 0 spiro atoms. The Hall–Kier alpha value is -2.93. The van der Waals surface area contributed by atoms with Crippen molar-refractivity contribution in [2.45, 2.75) is 17.6 Å². The summed E-state index contributed by atoms with van der Waals surface area (Å²) in [5.74, 6) is -0.872. The molecule has 150 valence electrons. The molecule has 0 bridgehead atoms. The molecular weight excluding hydrogens is 399 g/mol. The van der Waals surface area contributed by atoms with Gasteiger partial charge in [0, 0.05) is 17.1 Å². The molecule has 0 heterocycles. The Morgan fingerprint density at radius 1 is 0.966 bits per heavy atom. The van der Waals surface area contributed by atoms with Gasteiger partial charge < -0.3 is 10.4 Å². The number of nitrogens with one attached hydrogen (secondary N) is 1. The van der Waals surface area contributed by atoms with Crippen molar-refractivity contribution in [3.63, 3.8) is 0 Å². The van der Waals surface area contributed by atoms with Gasteiger partial charge in [-0.2, -0.15) is 13.2 Å². The molecule has 0 aromatic heterocycles.